The van der Waals surface area contributed by atoms with Gasteiger partial charge in [0.1, 0.15) is 6.04 Å². The predicted octanol–water partition coefficient (Wildman–Crippen LogP) is 2.69. The van der Waals surface area contributed by atoms with E-state index in [1.165, 1.54) is 19.1 Å². The van der Waals surface area contributed by atoms with Crippen LogP contribution in [-0.2, 0) is 30.8 Å². The molecule has 2 heterocycles. The lowest BCUT2D eigenvalue weighted by Crippen LogP contribution is -2.40. The smallest absolute Gasteiger partial charge is 0.324 e. The average Bonchev–Trinajstić information content (AvgIpc) is 3.35. The Kier molecular flexibility index (Phi) is 7.53. The fraction of sp³-hybridized carbons (Fsp3) is 0.478. The van der Waals surface area contributed by atoms with Gasteiger partial charge in [0.05, 0.1) is 11.0 Å². The number of hydrogen-bond acceptors (Lipinski definition) is 6. The van der Waals surface area contributed by atoms with E-state index in [0.29, 0.717) is 12.1 Å². The summed E-state index contributed by atoms with van der Waals surface area (Å²) in [6.45, 7) is 7.99. The van der Waals surface area contributed by atoms with Crippen molar-refractivity contribution in [3.63, 3.8) is 0 Å². The molecule has 1 aromatic carbocycles. The zero-order valence-corrected chi connectivity index (χ0v) is 19.7. The van der Waals surface area contributed by atoms with Crippen molar-refractivity contribution < 1.29 is 27.5 Å². The van der Waals surface area contributed by atoms with E-state index in [9.17, 15) is 18.0 Å². The summed E-state index contributed by atoms with van der Waals surface area (Å²) in [5.41, 5.74) is 3.14. The van der Waals surface area contributed by atoms with Gasteiger partial charge in [0.2, 0.25) is 15.8 Å². The lowest BCUT2D eigenvalue weighted by molar-refractivity contribution is -0.144. The summed E-state index contributed by atoms with van der Waals surface area (Å²) in [6.07, 6.45) is 2.18. The molecule has 8 nitrogen and oxygen atoms in total. The van der Waals surface area contributed by atoms with Crippen LogP contribution in [0.3, 0.4) is 0 Å². The highest BCUT2D eigenvalue weighted by Gasteiger charge is 2.25. The number of aromatic nitrogens is 1. The van der Waals surface area contributed by atoms with Crippen molar-refractivity contribution in [1.29, 1.82) is 0 Å². The molecule has 0 aliphatic carbocycles. The lowest BCUT2D eigenvalue weighted by atomic mass is 10.1. The Morgan fingerprint density at radius 2 is 1.91 bits per heavy atom. The standard InChI is InChI=1S/C23H30N2O6S/c1-15-7-9-20(10-8-15)32(28,29)24-17(3)23(27)31-14-22(26)21-12-16(2)25(18(21)4)13-19-6-5-11-30-19/h7-10,12,17,19,24H,5-6,11,13-14H2,1-4H3/t17-,19?/m0/s1. The number of benzene rings is 1. The number of sulfonamides is 1. The first-order chi connectivity index (χ1) is 15.1. The number of rotatable bonds is 9. The minimum atomic E-state index is -3.88. The zero-order chi connectivity index (χ0) is 23.5. The largest absolute Gasteiger partial charge is 0.456 e. The van der Waals surface area contributed by atoms with E-state index < -0.39 is 28.6 Å². The lowest BCUT2D eigenvalue weighted by Gasteiger charge is -2.15. The number of nitrogens with one attached hydrogen (secondary N) is 1. The predicted molar refractivity (Wildman–Crippen MR) is 119 cm³/mol. The van der Waals surface area contributed by atoms with Gasteiger partial charge in [-0.2, -0.15) is 4.72 Å². The van der Waals surface area contributed by atoms with E-state index in [1.807, 2.05) is 25.3 Å². The Morgan fingerprint density at radius 1 is 1.22 bits per heavy atom. The molecule has 174 valence electrons. The number of carbonyl (C=O) groups excluding carboxylic acids is 2. The van der Waals surface area contributed by atoms with E-state index in [1.54, 1.807) is 18.2 Å². The Bertz CT molecular complexity index is 1080. The summed E-state index contributed by atoms with van der Waals surface area (Å²) in [5, 5.41) is 0. The van der Waals surface area contributed by atoms with Gasteiger partial charge in [-0.15, -0.1) is 0 Å². The first kappa shape index (κ1) is 24.2. The SMILES string of the molecule is Cc1ccc(S(=O)(=O)N[C@@H](C)C(=O)OCC(=O)c2cc(C)n(CC3CCCO3)c2C)cc1. The number of nitrogens with zero attached hydrogens (tertiary/aromatic N) is 1. The number of hydrogen-bond donors (Lipinski definition) is 1. The second kappa shape index (κ2) is 9.97. The summed E-state index contributed by atoms with van der Waals surface area (Å²) in [6, 6.07) is 6.92. The van der Waals surface area contributed by atoms with Crippen LogP contribution in [0.4, 0.5) is 0 Å². The molecule has 32 heavy (non-hydrogen) atoms. The highest BCUT2D eigenvalue weighted by atomic mass is 32.2. The van der Waals surface area contributed by atoms with Gasteiger partial charge in [-0.05, 0) is 58.7 Å². The van der Waals surface area contributed by atoms with Gasteiger partial charge in [-0.25, -0.2) is 8.42 Å². The highest BCUT2D eigenvalue weighted by Crippen LogP contribution is 2.21. The van der Waals surface area contributed by atoms with Crippen LogP contribution >= 0.6 is 0 Å². The van der Waals surface area contributed by atoms with Crippen molar-refractivity contribution in [2.75, 3.05) is 13.2 Å². The van der Waals surface area contributed by atoms with Crippen LogP contribution in [0.15, 0.2) is 35.2 Å². The van der Waals surface area contributed by atoms with Crippen LogP contribution in [0.5, 0.6) is 0 Å². The van der Waals surface area contributed by atoms with Crippen molar-refractivity contribution in [1.82, 2.24) is 9.29 Å². The second-order valence-electron chi connectivity index (χ2n) is 8.22. The summed E-state index contributed by atoms with van der Waals surface area (Å²) >= 11 is 0. The molecule has 3 rings (SSSR count). The molecule has 0 saturated carbocycles. The van der Waals surface area contributed by atoms with Crippen LogP contribution < -0.4 is 4.72 Å². The van der Waals surface area contributed by atoms with Crippen molar-refractivity contribution in [2.24, 2.45) is 0 Å². The van der Waals surface area contributed by atoms with Gasteiger partial charge in [0.15, 0.2) is 6.61 Å². The van der Waals surface area contributed by atoms with E-state index in [-0.39, 0.29) is 16.8 Å². The Balaban J connectivity index is 1.58. The third-order valence-corrected chi connectivity index (χ3v) is 7.20. The highest BCUT2D eigenvalue weighted by molar-refractivity contribution is 7.89. The maximum atomic E-state index is 12.7. The molecule has 9 heteroatoms. The van der Waals surface area contributed by atoms with Crippen molar-refractivity contribution in [3.05, 3.63) is 52.8 Å². The minimum Gasteiger partial charge on any atom is -0.456 e. The van der Waals surface area contributed by atoms with Gasteiger partial charge < -0.3 is 14.0 Å². The molecule has 2 aromatic rings. The zero-order valence-electron chi connectivity index (χ0n) is 18.9. The molecule has 1 aliphatic heterocycles. The molecular weight excluding hydrogens is 432 g/mol. The number of carbonyl (C=O) groups is 2. The van der Waals surface area contributed by atoms with Crippen LogP contribution in [0, 0.1) is 20.8 Å². The summed E-state index contributed by atoms with van der Waals surface area (Å²) in [4.78, 5) is 25.0. The maximum Gasteiger partial charge on any atom is 0.324 e. The molecule has 0 bridgehead atoms. The number of Topliss-reactive ketones (excluding diaryl/α,β-unsaturated/α-hetero) is 1. The quantitative estimate of drug-likeness (QED) is 0.454. The molecule has 1 saturated heterocycles. The van der Waals surface area contributed by atoms with E-state index in [4.69, 9.17) is 9.47 Å². The van der Waals surface area contributed by atoms with Crippen LogP contribution in [-0.4, -0.2) is 50.1 Å². The molecule has 1 fully saturated rings. The fourth-order valence-electron chi connectivity index (χ4n) is 3.76. The summed E-state index contributed by atoms with van der Waals surface area (Å²) < 4.78 is 40.0. The first-order valence-electron chi connectivity index (χ1n) is 10.7. The molecule has 2 atom stereocenters. The summed E-state index contributed by atoms with van der Waals surface area (Å²) in [7, 11) is -3.88. The molecule has 1 aliphatic rings. The second-order valence-corrected chi connectivity index (χ2v) is 9.93. The van der Waals surface area contributed by atoms with Gasteiger partial charge in [-0.1, -0.05) is 17.7 Å². The average molecular weight is 463 g/mol. The maximum absolute atomic E-state index is 12.7. The van der Waals surface area contributed by atoms with Crippen molar-refractivity contribution in [3.8, 4) is 0 Å². The normalized spacial score (nSPS) is 17.3. The number of aryl methyl sites for hydroxylation is 2. The van der Waals surface area contributed by atoms with E-state index in [0.717, 1.165) is 36.4 Å². The molecule has 0 amide bonds. The third kappa shape index (κ3) is 5.65. The fourth-order valence-corrected chi connectivity index (χ4v) is 4.95. The minimum absolute atomic E-state index is 0.0532. The van der Waals surface area contributed by atoms with Gasteiger partial charge in [0.25, 0.3) is 0 Å². The molecular formula is C23H30N2O6S. The monoisotopic (exact) mass is 462 g/mol. The molecule has 0 radical (unpaired) electrons. The van der Waals surface area contributed by atoms with Gasteiger partial charge >= 0.3 is 5.97 Å². The van der Waals surface area contributed by atoms with Crippen LogP contribution in [0.25, 0.3) is 0 Å². The number of ketones is 1. The third-order valence-electron chi connectivity index (χ3n) is 5.65. The Labute approximate surface area is 189 Å². The summed E-state index contributed by atoms with van der Waals surface area (Å²) in [5.74, 6) is -1.15. The molecule has 1 aromatic heterocycles. The molecule has 1 unspecified atom stereocenters. The van der Waals surface area contributed by atoms with Crippen molar-refractivity contribution >= 4 is 21.8 Å². The Morgan fingerprint density at radius 3 is 2.53 bits per heavy atom. The van der Waals surface area contributed by atoms with Gasteiger partial charge in [-0.3, -0.25) is 9.59 Å². The number of ether oxygens (including phenoxy) is 2. The van der Waals surface area contributed by atoms with Gasteiger partial charge in [0, 0.05) is 30.1 Å². The van der Waals surface area contributed by atoms with E-state index in [2.05, 4.69) is 4.72 Å². The molecule has 0 spiro atoms. The van der Waals surface area contributed by atoms with Crippen LogP contribution in [0.2, 0.25) is 0 Å². The van der Waals surface area contributed by atoms with Crippen LogP contribution in [0.1, 0.15) is 47.1 Å². The molecule has 1 N–H and O–H groups in total. The topological polar surface area (TPSA) is 104 Å². The number of esters is 1. The van der Waals surface area contributed by atoms with E-state index >= 15 is 0 Å². The Hall–Kier alpha value is -2.49. The first-order valence-corrected chi connectivity index (χ1v) is 12.1. The van der Waals surface area contributed by atoms with Crippen molar-refractivity contribution in [2.45, 2.75) is 64.1 Å².